The monoisotopic (exact) mass is 316 g/mol. The van der Waals surface area contributed by atoms with Gasteiger partial charge in [0.15, 0.2) is 11.6 Å². The van der Waals surface area contributed by atoms with E-state index in [4.69, 9.17) is 15.4 Å². The largest absolute Gasteiger partial charge is 0.489 e. The Morgan fingerprint density at radius 1 is 1.16 bits per heavy atom. The fraction of sp³-hybridized carbons (Fsp3) is 0.455. The maximum absolute atomic E-state index is 13.5. The molecule has 1 aromatic rings. The van der Waals surface area contributed by atoms with Crippen molar-refractivity contribution in [2.75, 3.05) is 13.3 Å². The molecule has 0 N–H and O–H groups in total. The lowest BCUT2D eigenvalue weighted by molar-refractivity contribution is 0.279. The van der Waals surface area contributed by atoms with Crippen molar-refractivity contribution in [2.45, 2.75) is 24.2 Å². The molecule has 0 fully saturated rings. The van der Waals surface area contributed by atoms with Gasteiger partial charge in [0.1, 0.15) is 10.7 Å². The van der Waals surface area contributed by atoms with E-state index in [-0.39, 0.29) is 6.61 Å². The van der Waals surface area contributed by atoms with Gasteiger partial charge in [-0.05, 0) is 25.3 Å². The Morgan fingerprint density at radius 2 is 1.84 bits per heavy atom. The summed E-state index contributed by atoms with van der Waals surface area (Å²) in [5.74, 6) is -2.83. The first kappa shape index (κ1) is 16.1. The van der Waals surface area contributed by atoms with Crippen LogP contribution in [0.25, 0.3) is 0 Å². The van der Waals surface area contributed by atoms with Crippen molar-refractivity contribution < 1.29 is 26.3 Å². The number of hydrogen-bond acceptors (Lipinski definition) is 3. The lowest BCUT2D eigenvalue weighted by atomic mass is 10.2. The summed E-state index contributed by atoms with van der Waals surface area (Å²) >= 11 is 0. The van der Waals surface area contributed by atoms with Crippen LogP contribution < -0.4 is 4.74 Å². The highest BCUT2D eigenvalue weighted by Gasteiger charge is 2.22. The highest BCUT2D eigenvalue weighted by molar-refractivity contribution is 8.13. The molecular formula is C11H12ClF3O3S. The van der Waals surface area contributed by atoms with E-state index in [0.717, 1.165) is 0 Å². The Morgan fingerprint density at radius 3 is 2.42 bits per heavy atom. The van der Waals surface area contributed by atoms with E-state index < -0.39 is 38.0 Å². The average Bonchev–Trinajstić information content (AvgIpc) is 2.29. The van der Waals surface area contributed by atoms with Crippen LogP contribution >= 0.6 is 10.7 Å². The maximum atomic E-state index is 13.5. The van der Waals surface area contributed by atoms with Gasteiger partial charge in [-0.3, -0.25) is 4.39 Å². The molecule has 0 unspecified atom stereocenters. The van der Waals surface area contributed by atoms with Gasteiger partial charge in [-0.2, -0.15) is 0 Å². The van der Waals surface area contributed by atoms with E-state index >= 15 is 0 Å². The van der Waals surface area contributed by atoms with Gasteiger partial charge in [-0.15, -0.1) is 0 Å². The van der Waals surface area contributed by atoms with Gasteiger partial charge in [-0.25, -0.2) is 17.2 Å². The van der Waals surface area contributed by atoms with E-state index in [1.807, 2.05) is 0 Å². The van der Waals surface area contributed by atoms with Crippen LogP contribution in [0.3, 0.4) is 0 Å². The Balaban J connectivity index is 2.87. The summed E-state index contributed by atoms with van der Waals surface area (Å²) in [6.07, 6.45) is 1.28. The van der Waals surface area contributed by atoms with Gasteiger partial charge in [0.2, 0.25) is 0 Å². The number of unbranched alkanes of at least 4 members (excludes halogenated alkanes) is 2. The van der Waals surface area contributed by atoms with E-state index in [1.54, 1.807) is 0 Å². The molecule has 1 aromatic carbocycles. The third kappa shape index (κ3) is 4.91. The molecule has 0 radical (unpaired) electrons. The first-order valence-corrected chi connectivity index (χ1v) is 7.79. The molecule has 0 aromatic heterocycles. The summed E-state index contributed by atoms with van der Waals surface area (Å²) < 4.78 is 65.6. The van der Waals surface area contributed by atoms with Crippen LogP contribution in [0.15, 0.2) is 17.0 Å². The van der Waals surface area contributed by atoms with Crippen molar-refractivity contribution in [2.24, 2.45) is 0 Å². The predicted molar refractivity (Wildman–Crippen MR) is 64.7 cm³/mol. The Labute approximate surface area is 113 Å². The van der Waals surface area contributed by atoms with Gasteiger partial charge in [-0.1, -0.05) is 0 Å². The molecule has 0 heterocycles. The molecule has 0 aliphatic carbocycles. The van der Waals surface area contributed by atoms with E-state index in [0.29, 0.717) is 31.4 Å². The van der Waals surface area contributed by atoms with Crippen LogP contribution in [0.1, 0.15) is 19.3 Å². The van der Waals surface area contributed by atoms with E-state index in [2.05, 4.69) is 0 Å². The van der Waals surface area contributed by atoms with Gasteiger partial charge < -0.3 is 4.74 Å². The molecule has 0 saturated heterocycles. The van der Waals surface area contributed by atoms with Gasteiger partial charge in [0.05, 0.1) is 13.3 Å². The molecule has 0 aliphatic rings. The standard InChI is InChI=1S/C11H12ClF3O3S/c12-19(16,17)10-7-8(14)6-9(15)11(10)18-5-3-1-2-4-13/h6-7H,1-5H2. The van der Waals surface area contributed by atoms with Crippen molar-refractivity contribution in [3.8, 4) is 5.75 Å². The minimum absolute atomic E-state index is 0.0119. The number of ether oxygens (including phenoxy) is 1. The van der Waals surface area contributed by atoms with Crippen molar-refractivity contribution in [1.82, 2.24) is 0 Å². The number of halogens is 4. The van der Waals surface area contributed by atoms with Crippen molar-refractivity contribution >= 4 is 19.7 Å². The highest BCUT2D eigenvalue weighted by atomic mass is 35.7. The second kappa shape index (κ2) is 7.00. The minimum Gasteiger partial charge on any atom is -0.489 e. The van der Waals surface area contributed by atoms with Crippen LogP contribution in [-0.4, -0.2) is 21.7 Å². The molecule has 0 aliphatic heterocycles. The van der Waals surface area contributed by atoms with Crippen molar-refractivity contribution in [3.63, 3.8) is 0 Å². The summed E-state index contributed by atoms with van der Waals surface area (Å²) in [6.45, 7) is -0.478. The first-order valence-electron chi connectivity index (χ1n) is 5.48. The van der Waals surface area contributed by atoms with Gasteiger partial charge in [0, 0.05) is 16.7 Å². The molecule has 108 valence electrons. The maximum Gasteiger partial charge on any atom is 0.265 e. The number of rotatable bonds is 7. The van der Waals surface area contributed by atoms with Crippen LogP contribution in [0.5, 0.6) is 5.75 Å². The number of hydrogen-bond donors (Lipinski definition) is 0. The average molecular weight is 317 g/mol. The van der Waals surface area contributed by atoms with Crippen LogP contribution in [0.2, 0.25) is 0 Å². The molecular weight excluding hydrogens is 305 g/mol. The topological polar surface area (TPSA) is 43.4 Å². The normalized spacial score (nSPS) is 11.6. The summed E-state index contributed by atoms with van der Waals surface area (Å²) in [7, 11) is 0.761. The SMILES string of the molecule is O=S(=O)(Cl)c1cc(F)cc(F)c1OCCCCCF. The summed E-state index contributed by atoms with van der Waals surface area (Å²) in [5.41, 5.74) is 0. The summed E-state index contributed by atoms with van der Waals surface area (Å²) in [4.78, 5) is -0.753. The fourth-order valence-electron chi connectivity index (χ4n) is 1.41. The number of alkyl halides is 1. The lowest BCUT2D eigenvalue weighted by Gasteiger charge is -2.10. The van der Waals surface area contributed by atoms with E-state index in [1.165, 1.54) is 0 Å². The number of benzene rings is 1. The quantitative estimate of drug-likeness (QED) is 0.572. The molecule has 1 rings (SSSR count). The second-order valence-electron chi connectivity index (χ2n) is 3.75. The summed E-state index contributed by atoms with van der Waals surface area (Å²) in [6, 6.07) is 1.09. The fourth-order valence-corrected chi connectivity index (χ4v) is 2.38. The molecule has 8 heteroatoms. The lowest BCUT2D eigenvalue weighted by Crippen LogP contribution is -2.05. The molecule has 0 spiro atoms. The second-order valence-corrected chi connectivity index (χ2v) is 6.29. The van der Waals surface area contributed by atoms with Crippen LogP contribution in [-0.2, 0) is 9.05 Å². The zero-order valence-electron chi connectivity index (χ0n) is 9.84. The molecule has 0 atom stereocenters. The van der Waals surface area contributed by atoms with Crippen LogP contribution in [0, 0.1) is 11.6 Å². The predicted octanol–water partition coefficient (Wildman–Crippen LogP) is 3.41. The van der Waals surface area contributed by atoms with Crippen LogP contribution in [0.4, 0.5) is 13.2 Å². The van der Waals surface area contributed by atoms with Crippen molar-refractivity contribution in [1.29, 1.82) is 0 Å². The molecule has 19 heavy (non-hydrogen) atoms. The zero-order chi connectivity index (χ0) is 14.5. The summed E-state index contributed by atoms with van der Waals surface area (Å²) in [5, 5.41) is 0. The third-order valence-corrected chi connectivity index (χ3v) is 3.59. The first-order chi connectivity index (χ1) is 8.86. The van der Waals surface area contributed by atoms with E-state index in [9.17, 15) is 21.6 Å². The molecule has 0 bridgehead atoms. The molecule has 0 amide bonds. The van der Waals surface area contributed by atoms with Gasteiger partial charge in [0.25, 0.3) is 9.05 Å². The molecule has 0 saturated carbocycles. The Bertz CT molecular complexity index is 534. The molecule has 3 nitrogen and oxygen atoms in total. The Kier molecular flexibility index (Phi) is 5.93. The van der Waals surface area contributed by atoms with Crippen molar-refractivity contribution in [3.05, 3.63) is 23.8 Å². The van der Waals surface area contributed by atoms with Gasteiger partial charge >= 0.3 is 0 Å². The zero-order valence-corrected chi connectivity index (χ0v) is 11.4. The highest BCUT2D eigenvalue weighted by Crippen LogP contribution is 2.31. The minimum atomic E-state index is -4.32. The third-order valence-electron chi connectivity index (χ3n) is 2.26. The smallest absolute Gasteiger partial charge is 0.265 e. The Hall–Kier alpha value is -0.950.